The molecular weight excluding hydrogens is 176 g/mol. The van der Waals surface area contributed by atoms with Crippen molar-refractivity contribution in [2.24, 2.45) is 7.05 Å². The van der Waals surface area contributed by atoms with E-state index < -0.39 is 0 Å². The molecule has 2 heterocycles. The van der Waals surface area contributed by atoms with E-state index in [1.54, 1.807) is 30.1 Å². The Kier molecular flexibility index (Phi) is 2.08. The topological polar surface area (TPSA) is 34.9 Å². The van der Waals surface area contributed by atoms with Crippen LogP contribution in [0.4, 0.5) is 0 Å². The van der Waals surface area contributed by atoms with Gasteiger partial charge in [-0.3, -0.25) is 9.78 Å². The van der Waals surface area contributed by atoms with Crippen LogP contribution in [0.3, 0.4) is 0 Å². The van der Waals surface area contributed by atoms with Gasteiger partial charge in [-0.05, 0) is 18.1 Å². The summed E-state index contributed by atoms with van der Waals surface area (Å²) in [7, 11) is 1.74. The van der Waals surface area contributed by atoms with Crippen molar-refractivity contribution < 1.29 is 0 Å². The highest BCUT2D eigenvalue weighted by Crippen LogP contribution is 2.14. The lowest BCUT2D eigenvalue weighted by Gasteiger charge is -2.04. The van der Waals surface area contributed by atoms with Crippen LogP contribution in [0.15, 0.2) is 29.3 Å². The summed E-state index contributed by atoms with van der Waals surface area (Å²) in [4.78, 5) is 15.7. The summed E-state index contributed by atoms with van der Waals surface area (Å²) in [5.74, 6) is 0. The Morgan fingerprint density at radius 3 is 3.00 bits per heavy atom. The molecule has 14 heavy (non-hydrogen) atoms. The number of pyridine rings is 2. The van der Waals surface area contributed by atoms with Gasteiger partial charge in [0.2, 0.25) is 0 Å². The predicted molar refractivity (Wildman–Crippen MR) is 56.4 cm³/mol. The second-order valence-electron chi connectivity index (χ2n) is 3.35. The summed E-state index contributed by atoms with van der Waals surface area (Å²) < 4.78 is 1.55. The van der Waals surface area contributed by atoms with Gasteiger partial charge in [0.25, 0.3) is 5.56 Å². The van der Waals surface area contributed by atoms with Crippen molar-refractivity contribution >= 4 is 10.9 Å². The van der Waals surface area contributed by atoms with E-state index in [-0.39, 0.29) is 5.56 Å². The molecule has 2 rings (SSSR count). The molecule has 0 saturated carbocycles. The van der Waals surface area contributed by atoms with Crippen molar-refractivity contribution in [1.29, 1.82) is 0 Å². The van der Waals surface area contributed by atoms with Crippen LogP contribution in [0, 0.1) is 0 Å². The van der Waals surface area contributed by atoms with Crippen LogP contribution in [-0.4, -0.2) is 9.55 Å². The van der Waals surface area contributed by atoms with Crippen molar-refractivity contribution in [3.05, 3.63) is 40.4 Å². The minimum Gasteiger partial charge on any atom is -0.316 e. The van der Waals surface area contributed by atoms with Crippen LogP contribution in [0.2, 0.25) is 0 Å². The van der Waals surface area contributed by atoms with E-state index in [1.807, 2.05) is 6.07 Å². The zero-order chi connectivity index (χ0) is 10.1. The van der Waals surface area contributed by atoms with Gasteiger partial charge in [0.1, 0.15) is 0 Å². The van der Waals surface area contributed by atoms with Crippen molar-refractivity contribution in [2.75, 3.05) is 0 Å². The molecule has 0 aliphatic heterocycles. The SMILES string of the molecule is CCc1ccnc2cn(C)c(=O)cc12. The van der Waals surface area contributed by atoms with Crippen molar-refractivity contribution in [3.63, 3.8) is 0 Å². The molecule has 2 aromatic heterocycles. The lowest BCUT2D eigenvalue weighted by Crippen LogP contribution is -2.14. The van der Waals surface area contributed by atoms with Gasteiger partial charge in [0.05, 0.1) is 5.52 Å². The van der Waals surface area contributed by atoms with Crippen LogP contribution in [0.25, 0.3) is 10.9 Å². The Labute approximate surface area is 82.0 Å². The lowest BCUT2D eigenvalue weighted by molar-refractivity contribution is 0.866. The monoisotopic (exact) mass is 188 g/mol. The van der Waals surface area contributed by atoms with Crippen LogP contribution in [-0.2, 0) is 13.5 Å². The Morgan fingerprint density at radius 2 is 2.29 bits per heavy atom. The average Bonchev–Trinajstić information content (AvgIpc) is 2.19. The molecule has 0 unspecified atom stereocenters. The third-order valence-electron chi connectivity index (χ3n) is 2.42. The van der Waals surface area contributed by atoms with Crippen LogP contribution < -0.4 is 5.56 Å². The summed E-state index contributed by atoms with van der Waals surface area (Å²) in [6, 6.07) is 3.61. The predicted octanol–water partition coefficient (Wildman–Crippen LogP) is 1.50. The van der Waals surface area contributed by atoms with E-state index in [4.69, 9.17) is 0 Å². The molecule has 0 spiro atoms. The maximum absolute atomic E-state index is 11.4. The molecule has 0 N–H and O–H groups in total. The molecule has 72 valence electrons. The molecule has 0 aliphatic carbocycles. The minimum atomic E-state index is 0.0141. The van der Waals surface area contributed by atoms with E-state index in [0.29, 0.717) is 0 Å². The first-order valence-electron chi connectivity index (χ1n) is 4.66. The number of hydrogen-bond acceptors (Lipinski definition) is 2. The largest absolute Gasteiger partial charge is 0.316 e. The fourth-order valence-electron chi connectivity index (χ4n) is 1.58. The molecule has 0 bridgehead atoms. The van der Waals surface area contributed by atoms with Gasteiger partial charge in [0, 0.05) is 30.9 Å². The summed E-state index contributed by atoms with van der Waals surface area (Å²) in [5, 5.41) is 0.970. The molecule has 0 radical (unpaired) electrons. The molecular formula is C11H12N2O. The first kappa shape index (κ1) is 8.94. The Morgan fingerprint density at radius 1 is 1.50 bits per heavy atom. The van der Waals surface area contributed by atoms with Crippen molar-refractivity contribution in [2.45, 2.75) is 13.3 Å². The first-order valence-corrected chi connectivity index (χ1v) is 4.66. The smallest absolute Gasteiger partial charge is 0.251 e. The summed E-state index contributed by atoms with van der Waals surface area (Å²) >= 11 is 0. The van der Waals surface area contributed by atoms with Gasteiger partial charge in [-0.1, -0.05) is 6.92 Å². The molecule has 3 heteroatoms. The number of nitrogens with zero attached hydrogens (tertiary/aromatic N) is 2. The Balaban J connectivity index is 2.88. The van der Waals surface area contributed by atoms with E-state index in [1.165, 1.54) is 5.56 Å². The zero-order valence-electron chi connectivity index (χ0n) is 8.32. The van der Waals surface area contributed by atoms with Crippen LogP contribution in [0.5, 0.6) is 0 Å². The highest BCUT2D eigenvalue weighted by molar-refractivity contribution is 5.80. The van der Waals surface area contributed by atoms with Gasteiger partial charge in [-0.2, -0.15) is 0 Å². The number of fused-ring (bicyclic) bond motifs is 1. The normalized spacial score (nSPS) is 10.7. The third-order valence-corrected chi connectivity index (χ3v) is 2.42. The van der Waals surface area contributed by atoms with Gasteiger partial charge < -0.3 is 4.57 Å². The van der Waals surface area contributed by atoms with E-state index in [0.717, 1.165) is 17.3 Å². The molecule has 0 atom stereocenters. The van der Waals surface area contributed by atoms with Crippen LogP contribution in [0.1, 0.15) is 12.5 Å². The lowest BCUT2D eigenvalue weighted by atomic mass is 10.1. The number of rotatable bonds is 1. The minimum absolute atomic E-state index is 0.0141. The van der Waals surface area contributed by atoms with Crippen molar-refractivity contribution in [1.82, 2.24) is 9.55 Å². The van der Waals surface area contributed by atoms with Gasteiger partial charge in [0.15, 0.2) is 0 Å². The maximum atomic E-state index is 11.4. The Hall–Kier alpha value is -1.64. The second kappa shape index (κ2) is 3.25. The molecule has 0 fully saturated rings. The molecule has 3 nitrogen and oxygen atoms in total. The molecule has 0 aliphatic rings. The highest BCUT2D eigenvalue weighted by atomic mass is 16.1. The second-order valence-corrected chi connectivity index (χ2v) is 3.35. The zero-order valence-corrected chi connectivity index (χ0v) is 8.32. The van der Waals surface area contributed by atoms with Crippen molar-refractivity contribution in [3.8, 4) is 0 Å². The van der Waals surface area contributed by atoms with E-state index in [9.17, 15) is 4.79 Å². The van der Waals surface area contributed by atoms with E-state index in [2.05, 4.69) is 11.9 Å². The third kappa shape index (κ3) is 1.31. The summed E-state index contributed by atoms with van der Waals surface area (Å²) in [6.07, 6.45) is 4.48. The average molecular weight is 188 g/mol. The first-order chi connectivity index (χ1) is 6.72. The summed E-state index contributed by atoms with van der Waals surface area (Å²) in [6.45, 7) is 2.08. The number of hydrogen-bond donors (Lipinski definition) is 0. The Bertz CT molecular complexity index is 528. The highest BCUT2D eigenvalue weighted by Gasteiger charge is 2.01. The van der Waals surface area contributed by atoms with Gasteiger partial charge in [-0.15, -0.1) is 0 Å². The van der Waals surface area contributed by atoms with Gasteiger partial charge in [-0.25, -0.2) is 0 Å². The molecule has 0 aromatic carbocycles. The quantitative estimate of drug-likeness (QED) is 0.679. The maximum Gasteiger partial charge on any atom is 0.251 e. The molecule has 2 aromatic rings. The summed E-state index contributed by atoms with van der Waals surface area (Å²) in [5.41, 5.74) is 2.07. The molecule has 0 amide bonds. The van der Waals surface area contributed by atoms with Gasteiger partial charge >= 0.3 is 0 Å². The molecule has 0 saturated heterocycles. The van der Waals surface area contributed by atoms with Crippen LogP contribution >= 0.6 is 0 Å². The fourth-order valence-corrected chi connectivity index (χ4v) is 1.58. The number of aryl methyl sites for hydroxylation is 2. The standard InChI is InChI=1S/C11H12N2O/c1-3-8-4-5-12-10-7-13(2)11(14)6-9(8)10/h4-7H,3H2,1-2H3. The van der Waals surface area contributed by atoms with E-state index >= 15 is 0 Å². The number of aromatic nitrogens is 2. The fraction of sp³-hybridized carbons (Fsp3) is 0.273.